The molecule has 154 valence electrons. The van der Waals surface area contributed by atoms with Crippen molar-refractivity contribution in [2.45, 2.75) is 117 Å². The maximum absolute atomic E-state index is 12.5. The van der Waals surface area contributed by atoms with Crippen molar-refractivity contribution in [3.05, 3.63) is 35.4 Å². The van der Waals surface area contributed by atoms with E-state index in [-0.39, 0.29) is 12.1 Å². The van der Waals surface area contributed by atoms with Crippen molar-refractivity contribution in [1.29, 1.82) is 0 Å². The highest BCUT2D eigenvalue weighted by atomic mass is 16.5. The van der Waals surface area contributed by atoms with E-state index in [1.54, 1.807) is 0 Å². The van der Waals surface area contributed by atoms with Gasteiger partial charge in [-0.1, -0.05) is 90.7 Å². The second-order valence-electron chi connectivity index (χ2n) is 7.88. The lowest BCUT2D eigenvalue weighted by Gasteiger charge is -2.17. The van der Waals surface area contributed by atoms with Crippen LogP contribution in [0.2, 0.25) is 0 Å². The van der Waals surface area contributed by atoms with E-state index >= 15 is 0 Å². The van der Waals surface area contributed by atoms with Crippen LogP contribution in [0.25, 0.3) is 0 Å². The van der Waals surface area contributed by atoms with E-state index in [0.717, 1.165) is 25.7 Å². The number of unbranched alkanes of at least 4 members (excludes halogenated alkanes) is 8. The second kappa shape index (κ2) is 15.7. The van der Waals surface area contributed by atoms with Gasteiger partial charge < -0.3 is 4.74 Å². The lowest BCUT2D eigenvalue weighted by Crippen LogP contribution is -2.18. The Morgan fingerprint density at radius 3 is 1.93 bits per heavy atom. The fraction of sp³-hybridized carbons (Fsp3) is 0.720. The van der Waals surface area contributed by atoms with Gasteiger partial charge >= 0.3 is 5.97 Å². The van der Waals surface area contributed by atoms with Crippen LogP contribution in [0.5, 0.6) is 0 Å². The van der Waals surface area contributed by atoms with Gasteiger partial charge in [0.1, 0.15) is 6.10 Å². The number of ether oxygens (including phenoxy) is 1. The highest BCUT2D eigenvalue weighted by Gasteiger charge is 2.15. The molecule has 0 spiro atoms. The number of hydrogen-bond donors (Lipinski definition) is 0. The Kier molecular flexibility index (Phi) is 13.8. The Bertz CT molecular complexity index is 478. The van der Waals surface area contributed by atoms with Crippen LogP contribution in [0.1, 0.15) is 120 Å². The maximum Gasteiger partial charge on any atom is 0.338 e. The zero-order chi connectivity index (χ0) is 19.7. The lowest BCUT2D eigenvalue weighted by molar-refractivity contribution is 0.0253. The number of carbonyl (C=O) groups excluding carboxylic acids is 1. The van der Waals surface area contributed by atoms with E-state index < -0.39 is 0 Å². The minimum absolute atomic E-state index is 0.0716. The number of carbonyl (C=O) groups is 1. The molecule has 0 amide bonds. The van der Waals surface area contributed by atoms with Gasteiger partial charge in [-0.2, -0.15) is 0 Å². The molecule has 0 saturated carbocycles. The van der Waals surface area contributed by atoms with Crippen LogP contribution in [0, 0.1) is 0 Å². The van der Waals surface area contributed by atoms with E-state index in [0.29, 0.717) is 5.56 Å². The van der Waals surface area contributed by atoms with Gasteiger partial charge in [0.25, 0.3) is 0 Å². The minimum Gasteiger partial charge on any atom is -0.459 e. The first kappa shape index (κ1) is 23.7. The molecule has 0 radical (unpaired) electrons. The molecule has 27 heavy (non-hydrogen) atoms. The molecule has 0 aliphatic rings. The minimum atomic E-state index is -0.157. The summed E-state index contributed by atoms with van der Waals surface area (Å²) >= 11 is 0. The zero-order valence-electron chi connectivity index (χ0n) is 18.1. The third-order valence-electron chi connectivity index (χ3n) is 5.27. The number of aryl methyl sites for hydroxylation is 1. The number of benzene rings is 1. The number of esters is 1. The van der Waals surface area contributed by atoms with Gasteiger partial charge in [0.2, 0.25) is 0 Å². The summed E-state index contributed by atoms with van der Waals surface area (Å²) in [5, 5.41) is 0. The summed E-state index contributed by atoms with van der Waals surface area (Å²) in [6, 6.07) is 7.98. The van der Waals surface area contributed by atoms with Crippen LogP contribution in [-0.4, -0.2) is 12.1 Å². The van der Waals surface area contributed by atoms with Crippen molar-refractivity contribution < 1.29 is 9.53 Å². The van der Waals surface area contributed by atoms with Gasteiger partial charge in [-0.15, -0.1) is 0 Å². The molecule has 0 saturated heterocycles. The SMILES string of the molecule is CCCCCCCCCCC(CCC)OC(=O)c1ccc(CCCC)cc1. The van der Waals surface area contributed by atoms with Crippen molar-refractivity contribution in [3.8, 4) is 0 Å². The molecule has 1 unspecified atom stereocenters. The van der Waals surface area contributed by atoms with E-state index in [4.69, 9.17) is 4.74 Å². The molecule has 0 N–H and O–H groups in total. The Morgan fingerprint density at radius 2 is 1.33 bits per heavy atom. The molecule has 2 nitrogen and oxygen atoms in total. The standard InChI is InChI=1S/C25H42O2/c1-4-7-9-10-11-12-13-14-17-24(15-6-3)27-25(26)23-20-18-22(19-21-23)16-8-5-2/h18-21,24H,4-17H2,1-3H3. The summed E-state index contributed by atoms with van der Waals surface area (Å²) < 4.78 is 5.82. The molecule has 1 atom stereocenters. The Labute approximate surface area is 168 Å². The van der Waals surface area contributed by atoms with Crippen molar-refractivity contribution in [2.75, 3.05) is 0 Å². The zero-order valence-corrected chi connectivity index (χ0v) is 18.1. The molecule has 1 aromatic carbocycles. The second-order valence-corrected chi connectivity index (χ2v) is 7.88. The topological polar surface area (TPSA) is 26.3 Å². The Hall–Kier alpha value is -1.31. The van der Waals surface area contributed by atoms with Crippen molar-refractivity contribution in [3.63, 3.8) is 0 Å². The monoisotopic (exact) mass is 374 g/mol. The quantitative estimate of drug-likeness (QED) is 0.217. The van der Waals surface area contributed by atoms with Crippen LogP contribution in [0.3, 0.4) is 0 Å². The van der Waals surface area contributed by atoms with Crippen LogP contribution >= 0.6 is 0 Å². The largest absolute Gasteiger partial charge is 0.459 e. The molecule has 2 heteroatoms. The van der Waals surface area contributed by atoms with Crippen LogP contribution < -0.4 is 0 Å². The number of hydrogen-bond acceptors (Lipinski definition) is 2. The highest BCUT2D eigenvalue weighted by Crippen LogP contribution is 2.17. The first-order valence-corrected chi connectivity index (χ1v) is 11.5. The highest BCUT2D eigenvalue weighted by molar-refractivity contribution is 5.89. The van der Waals surface area contributed by atoms with Crippen LogP contribution in [-0.2, 0) is 11.2 Å². The van der Waals surface area contributed by atoms with Crippen molar-refractivity contribution in [2.24, 2.45) is 0 Å². The predicted molar refractivity (Wildman–Crippen MR) is 116 cm³/mol. The Morgan fingerprint density at radius 1 is 0.741 bits per heavy atom. The fourth-order valence-corrected chi connectivity index (χ4v) is 3.50. The molecule has 1 rings (SSSR count). The third kappa shape index (κ3) is 11.2. The average molecular weight is 375 g/mol. The lowest BCUT2D eigenvalue weighted by atomic mass is 10.0. The molecule has 0 bridgehead atoms. The number of rotatable bonds is 16. The first-order chi connectivity index (χ1) is 13.2. The van der Waals surface area contributed by atoms with Gasteiger partial charge in [-0.05, 0) is 49.8 Å². The smallest absolute Gasteiger partial charge is 0.338 e. The van der Waals surface area contributed by atoms with Gasteiger partial charge in [-0.25, -0.2) is 4.79 Å². The third-order valence-corrected chi connectivity index (χ3v) is 5.27. The molecule has 0 aliphatic carbocycles. The molecule has 0 heterocycles. The molecule has 0 aliphatic heterocycles. The molecular formula is C25H42O2. The van der Waals surface area contributed by atoms with Gasteiger partial charge in [0, 0.05) is 0 Å². The maximum atomic E-state index is 12.5. The van der Waals surface area contributed by atoms with E-state index in [1.807, 2.05) is 12.1 Å². The van der Waals surface area contributed by atoms with Gasteiger partial charge in [0.05, 0.1) is 5.56 Å². The summed E-state index contributed by atoms with van der Waals surface area (Å²) in [5.41, 5.74) is 1.99. The van der Waals surface area contributed by atoms with Gasteiger partial charge in [-0.3, -0.25) is 0 Å². The summed E-state index contributed by atoms with van der Waals surface area (Å²) in [7, 11) is 0. The molecule has 1 aromatic rings. The predicted octanol–water partition coefficient (Wildman–Crippen LogP) is 7.89. The summed E-state index contributed by atoms with van der Waals surface area (Å²) in [4.78, 5) is 12.5. The molecule has 0 fully saturated rings. The summed E-state index contributed by atoms with van der Waals surface area (Å²) in [6.07, 6.45) is 17.1. The van der Waals surface area contributed by atoms with Crippen LogP contribution in [0.4, 0.5) is 0 Å². The normalized spacial score (nSPS) is 12.1. The van der Waals surface area contributed by atoms with E-state index in [1.165, 1.54) is 69.8 Å². The van der Waals surface area contributed by atoms with E-state index in [9.17, 15) is 4.79 Å². The fourth-order valence-electron chi connectivity index (χ4n) is 3.50. The first-order valence-electron chi connectivity index (χ1n) is 11.5. The Balaban J connectivity index is 2.32. The van der Waals surface area contributed by atoms with Crippen molar-refractivity contribution in [1.82, 2.24) is 0 Å². The average Bonchev–Trinajstić information content (AvgIpc) is 2.68. The molecular weight excluding hydrogens is 332 g/mol. The summed E-state index contributed by atoms with van der Waals surface area (Å²) in [6.45, 7) is 6.62. The van der Waals surface area contributed by atoms with Crippen molar-refractivity contribution >= 4 is 5.97 Å². The summed E-state index contributed by atoms with van der Waals surface area (Å²) in [5.74, 6) is -0.157. The van der Waals surface area contributed by atoms with E-state index in [2.05, 4.69) is 32.9 Å². The van der Waals surface area contributed by atoms with Crippen LogP contribution in [0.15, 0.2) is 24.3 Å². The molecule has 0 aromatic heterocycles. The van der Waals surface area contributed by atoms with Gasteiger partial charge in [0.15, 0.2) is 0 Å².